The van der Waals surface area contributed by atoms with Gasteiger partial charge in [0.25, 0.3) is 10.0 Å². The Kier molecular flexibility index (Phi) is 8.48. The van der Waals surface area contributed by atoms with E-state index in [1.807, 2.05) is 0 Å². The van der Waals surface area contributed by atoms with Crippen molar-refractivity contribution in [3.8, 4) is 17.2 Å². The molecule has 1 N–H and O–H groups in total. The standard InChI is InChI=1S/C25H27ClN2O6S/c1-17-14-19(26)11-12-21(17)28(35(30,31)20-8-6-5-7-9-20)16-23(29)27-15-18-10-13-22(32-2)25(34-4)24(18)33-3/h5-14H,15-16H2,1-4H3,(H,27,29). The lowest BCUT2D eigenvalue weighted by molar-refractivity contribution is -0.119. The first kappa shape index (κ1) is 26.2. The van der Waals surface area contributed by atoms with Crippen molar-refractivity contribution < 1.29 is 27.4 Å². The number of carbonyl (C=O) groups is 1. The van der Waals surface area contributed by atoms with E-state index in [0.717, 1.165) is 4.31 Å². The Hall–Kier alpha value is -3.43. The summed E-state index contributed by atoms with van der Waals surface area (Å²) in [5.74, 6) is 0.787. The second-order valence-electron chi connectivity index (χ2n) is 7.53. The zero-order chi connectivity index (χ0) is 25.6. The van der Waals surface area contributed by atoms with E-state index in [0.29, 0.717) is 39.1 Å². The predicted molar refractivity (Wildman–Crippen MR) is 135 cm³/mol. The van der Waals surface area contributed by atoms with E-state index in [1.165, 1.54) is 33.5 Å². The maximum absolute atomic E-state index is 13.5. The average Bonchev–Trinajstić information content (AvgIpc) is 2.86. The zero-order valence-corrected chi connectivity index (χ0v) is 21.4. The van der Waals surface area contributed by atoms with Gasteiger partial charge in [-0.3, -0.25) is 9.10 Å². The van der Waals surface area contributed by atoms with Crippen molar-refractivity contribution in [1.82, 2.24) is 5.32 Å². The number of nitrogens with zero attached hydrogens (tertiary/aromatic N) is 1. The highest BCUT2D eigenvalue weighted by atomic mass is 35.5. The second kappa shape index (κ2) is 11.3. The monoisotopic (exact) mass is 518 g/mol. The molecule has 0 fully saturated rings. The van der Waals surface area contributed by atoms with Gasteiger partial charge in [-0.15, -0.1) is 0 Å². The van der Waals surface area contributed by atoms with Crippen LogP contribution in [0.1, 0.15) is 11.1 Å². The third-order valence-electron chi connectivity index (χ3n) is 5.31. The number of hydrogen-bond donors (Lipinski definition) is 1. The molecule has 8 nitrogen and oxygen atoms in total. The summed E-state index contributed by atoms with van der Waals surface area (Å²) in [5.41, 5.74) is 1.61. The molecule has 3 aromatic carbocycles. The number of methoxy groups -OCH3 is 3. The molecule has 0 bridgehead atoms. The van der Waals surface area contributed by atoms with Crippen LogP contribution >= 0.6 is 11.6 Å². The molecule has 0 atom stereocenters. The number of anilines is 1. The number of hydrogen-bond acceptors (Lipinski definition) is 6. The lowest BCUT2D eigenvalue weighted by atomic mass is 10.1. The fourth-order valence-electron chi connectivity index (χ4n) is 3.60. The summed E-state index contributed by atoms with van der Waals surface area (Å²) >= 11 is 6.07. The molecule has 0 aliphatic heterocycles. The van der Waals surface area contributed by atoms with E-state index in [4.69, 9.17) is 25.8 Å². The third kappa shape index (κ3) is 5.80. The van der Waals surface area contributed by atoms with Gasteiger partial charge in [-0.25, -0.2) is 8.42 Å². The number of aryl methyl sites for hydroxylation is 1. The van der Waals surface area contributed by atoms with Crippen LogP contribution in [0.15, 0.2) is 65.6 Å². The lowest BCUT2D eigenvalue weighted by Gasteiger charge is -2.26. The number of carbonyl (C=O) groups excluding carboxylic acids is 1. The summed E-state index contributed by atoms with van der Waals surface area (Å²) in [6.07, 6.45) is 0. The van der Waals surface area contributed by atoms with Crippen molar-refractivity contribution in [3.05, 3.63) is 76.8 Å². The fourth-order valence-corrected chi connectivity index (χ4v) is 5.33. The zero-order valence-electron chi connectivity index (χ0n) is 19.9. The number of sulfonamides is 1. The molecule has 0 aromatic heterocycles. The Morgan fingerprint density at radius 1 is 0.943 bits per heavy atom. The maximum Gasteiger partial charge on any atom is 0.264 e. The molecular weight excluding hydrogens is 492 g/mol. The van der Waals surface area contributed by atoms with Gasteiger partial charge in [0.1, 0.15) is 6.54 Å². The smallest absolute Gasteiger partial charge is 0.264 e. The van der Waals surface area contributed by atoms with E-state index >= 15 is 0 Å². The molecule has 3 aromatic rings. The van der Waals surface area contributed by atoms with Gasteiger partial charge in [0.15, 0.2) is 11.5 Å². The maximum atomic E-state index is 13.5. The normalized spacial score (nSPS) is 11.0. The highest BCUT2D eigenvalue weighted by Gasteiger charge is 2.28. The first-order valence-corrected chi connectivity index (χ1v) is 12.4. The molecule has 186 valence electrons. The van der Waals surface area contributed by atoms with Crippen molar-refractivity contribution in [3.63, 3.8) is 0 Å². The van der Waals surface area contributed by atoms with Crippen LogP contribution < -0.4 is 23.8 Å². The molecule has 0 radical (unpaired) electrons. The van der Waals surface area contributed by atoms with Crippen LogP contribution in [-0.4, -0.2) is 42.2 Å². The van der Waals surface area contributed by atoms with Gasteiger partial charge in [-0.05, 0) is 55.0 Å². The van der Waals surface area contributed by atoms with Gasteiger partial charge in [-0.1, -0.05) is 29.8 Å². The number of rotatable bonds is 10. The predicted octanol–water partition coefficient (Wildman–Crippen LogP) is 4.19. The molecule has 0 saturated carbocycles. The van der Waals surface area contributed by atoms with E-state index in [9.17, 15) is 13.2 Å². The molecule has 35 heavy (non-hydrogen) atoms. The van der Waals surface area contributed by atoms with Crippen molar-refractivity contribution in [2.24, 2.45) is 0 Å². The first-order valence-electron chi connectivity index (χ1n) is 10.6. The molecule has 0 saturated heterocycles. The number of benzene rings is 3. The van der Waals surface area contributed by atoms with Crippen LogP contribution in [0.3, 0.4) is 0 Å². The van der Waals surface area contributed by atoms with Gasteiger partial charge in [0, 0.05) is 17.1 Å². The van der Waals surface area contributed by atoms with E-state index in [1.54, 1.807) is 55.5 Å². The largest absolute Gasteiger partial charge is 0.493 e. The molecule has 1 amide bonds. The summed E-state index contributed by atoms with van der Waals surface area (Å²) in [5, 5.41) is 3.24. The number of halogens is 1. The lowest BCUT2D eigenvalue weighted by Crippen LogP contribution is -2.41. The van der Waals surface area contributed by atoms with Crippen molar-refractivity contribution in [2.45, 2.75) is 18.4 Å². The van der Waals surface area contributed by atoms with Crippen molar-refractivity contribution in [2.75, 3.05) is 32.2 Å². The second-order valence-corrected chi connectivity index (χ2v) is 9.82. The van der Waals surface area contributed by atoms with Crippen LogP contribution in [0.25, 0.3) is 0 Å². The fraction of sp³-hybridized carbons (Fsp3) is 0.240. The third-order valence-corrected chi connectivity index (χ3v) is 7.32. The minimum Gasteiger partial charge on any atom is -0.493 e. The number of ether oxygens (including phenoxy) is 3. The SMILES string of the molecule is COc1ccc(CNC(=O)CN(c2ccc(Cl)cc2C)S(=O)(=O)c2ccccc2)c(OC)c1OC. The van der Waals surface area contributed by atoms with Gasteiger partial charge in [0.05, 0.1) is 31.9 Å². The van der Waals surface area contributed by atoms with Gasteiger partial charge >= 0.3 is 0 Å². The summed E-state index contributed by atoms with van der Waals surface area (Å²) in [6, 6.07) is 16.2. The molecule has 0 aliphatic carbocycles. The van der Waals surface area contributed by atoms with E-state index in [-0.39, 0.29) is 11.4 Å². The summed E-state index contributed by atoms with van der Waals surface area (Å²) < 4.78 is 44.2. The summed E-state index contributed by atoms with van der Waals surface area (Å²) in [7, 11) is 0.457. The van der Waals surface area contributed by atoms with Crippen LogP contribution in [-0.2, 0) is 21.4 Å². The highest BCUT2D eigenvalue weighted by molar-refractivity contribution is 7.92. The Bertz CT molecular complexity index is 1300. The molecule has 0 heterocycles. The Balaban J connectivity index is 1.90. The highest BCUT2D eigenvalue weighted by Crippen LogP contribution is 2.39. The van der Waals surface area contributed by atoms with Crippen LogP contribution in [0.4, 0.5) is 5.69 Å². The van der Waals surface area contributed by atoms with Gasteiger partial charge in [0.2, 0.25) is 11.7 Å². The van der Waals surface area contributed by atoms with E-state index in [2.05, 4.69) is 5.32 Å². The van der Waals surface area contributed by atoms with E-state index < -0.39 is 22.5 Å². The molecule has 3 rings (SSSR count). The van der Waals surface area contributed by atoms with Crippen LogP contribution in [0.2, 0.25) is 5.02 Å². The average molecular weight is 519 g/mol. The minimum absolute atomic E-state index is 0.0729. The first-order chi connectivity index (χ1) is 16.7. The molecule has 0 spiro atoms. The Morgan fingerprint density at radius 3 is 2.23 bits per heavy atom. The number of nitrogens with one attached hydrogen (secondary N) is 1. The molecule has 10 heteroatoms. The minimum atomic E-state index is -4.03. The Morgan fingerprint density at radius 2 is 1.63 bits per heavy atom. The van der Waals surface area contributed by atoms with Gasteiger partial charge in [-0.2, -0.15) is 0 Å². The Labute approximate surface area is 210 Å². The van der Waals surface area contributed by atoms with Crippen molar-refractivity contribution >= 4 is 33.2 Å². The van der Waals surface area contributed by atoms with Gasteiger partial charge < -0.3 is 19.5 Å². The van der Waals surface area contributed by atoms with Crippen LogP contribution in [0, 0.1) is 6.92 Å². The summed E-state index contributed by atoms with van der Waals surface area (Å²) in [4.78, 5) is 13.1. The molecular formula is C25H27ClN2O6S. The van der Waals surface area contributed by atoms with Crippen LogP contribution in [0.5, 0.6) is 17.2 Å². The molecule has 0 unspecified atom stereocenters. The quantitative estimate of drug-likeness (QED) is 0.432. The molecule has 0 aliphatic rings. The topological polar surface area (TPSA) is 94.2 Å². The van der Waals surface area contributed by atoms with Crippen molar-refractivity contribution in [1.29, 1.82) is 0 Å². The number of amides is 1. The summed E-state index contributed by atoms with van der Waals surface area (Å²) in [6.45, 7) is 1.39.